The zero-order valence-corrected chi connectivity index (χ0v) is 12.4. The summed E-state index contributed by atoms with van der Waals surface area (Å²) in [6, 6.07) is 7.06. The zero-order valence-electron chi connectivity index (χ0n) is 12.4. The lowest BCUT2D eigenvalue weighted by Crippen LogP contribution is -2.48. The first-order valence-corrected chi connectivity index (χ1v) is 6.61. The van der Waals surface area contributed by atoms with Crippen LogP contribution in [0.5, 0.6) is 0 Å². The highest BCUT2D eigenvalue weighted by molar-refractivity contribution is 6.39. The van der Waals surface area contributed by atoms with Gasteiger partial charge in [-0.05, 0) is 39.3 Å². The molecule has 3 N–H and O–H groups in total. The Kier molecular flexibility index (Phi) is 5.46. The minimum Gasteiger partial charge on any atom is -0.481 e. The number of carbonyl (C=O) groups is 3. The maximum Gasteiger partial charge on any atom is 0.313 e. The highest BCUT2D eigenvalue weighted by atomic mass is 16.4. The van der Waals surface area contributed by atoms with Gasteiger partial charge in [0.2, 0.25) is 0 Å². The third kappa shape index (κ3) is 6.07. The topological polar surface area (TPSA) is 95.5 Å². The van der Waals surface area contributed by atoms with Crippen molar-refractivity contribution < 1.29 is 19.5 Å². The maximum atomic E-state index is 11.8. The van der Waals surface area contributed by atoms with Gasteiger partial charge in [0.25, 0.3) is 0 Å². The van der Waals surface area contributed by atoms with Crippen LogP contribution in [0.4, 0.5) is 5.69 Å². The Hall–Kier alpha value is -2.37. The van der Waals surface area contributed by atoms with Gasteiger partial charge in [-0.25, -0.2) is 0 Å². The molecule has 6 nitrogen and oxygen atoms in total. The predicted octanol–water partition coefficient (Wildman–Crippen LogP) is 1.69. The fourth-order valence-electron chi connectivity index (χ4n) is 1.67. The Morgan fingerprint density at radius 2 is 1.67 bits per heavy atom. The molecule has 1 aromatic carbocycles. The average Bonchev–Trinajstić information content (AvgIpc) is 2.38. The summed E-state index contributed by atoms with van der Waals surface area (Å²) in [6.07, 6.45) is 0.165. The van der Waals surface area contributed by atoms with Crippen molar-refractivity contribution in [1.82, 2.24) is 5.32 Å². The normalized spacial score (nSPS) is 10.8. The van der Waals surface area contributed by atoms with Crippen molar-refractivity contribution in [2.45, 2.75) is 39.2 Å². The molecular weight excluding hydrogens is 272 g/mol. The van der Waals surface area contributed by atoms with Gasteiger partial charge in [-0.15, -0.1) is 0 Å². The highest BCUT2D eigenvalue weighted by Gasteiger charge is 2.25. The van der Waals surface area contributed by atoms with Crippen molar-refractivity contribution in [3.05, 3.63) is 29.8 Å². The zero-order chi connectivity index (χ0) is 16.0. The lowest BCUT2D eigenvalue weighted by atomic mass is 9.98. The second-order valence-corrected chi connectivity index (χ2v) is 5.55. The number of carboxylic acids is 1. The number of rotatable bonds is 5. The van der Waals surface area contributed by atoms with Crippen LogP contribution >= 0.6 is 0 Å². The molecule has 0 spiro atoms. The molecule has 0 fully saturated rings. The Balaban J connectivity index is 2.56. The van der Waals surface area contributed by atoms with Crippen molar-refractivity contribution in [2.24, 2.45) is 0 Å². The number of aryl methyl sites for hydroxylation is 1. The van der Waals surface area contributed by atoms with E-state index in [-0.39, 0.29) is 12.8 Å². The first-order chi connectivity index (χ1) is 9.69. The summed E-state index contributed by atoms with van der Waals surface area (Å²) >= 11 is 0. The maximum absolute atomic E-state index is 11.8. The van der Waals surface area contributed by atoms with Gasteiger partial charge in [0.05, 0.1) is 0 Å². The largest absolute Gasteiger partial charge is 0.481 e. The molecule has 0 atom stereocenters. The van der Waals surface area contributed by atoms with Crippen LogP contribution in [0.2, 0.25) is 0 Å². The van der Waals surface area contributed by atoms with E-state index < -0.39 is 23.3 Å². The van der Waals surface area contributed by atoms with E-state index in [4.69, 9.17) is 5.11 Å². The van der Waals surface area contributed by atoms with Crippen LogP contribution in [-0.4, -0.2) is 28.4 Å². The van der Waals surface area contributed by atoms with E-state index in [0.29, 0.717) is 5.69 Å². The van der Waals surface area contributed by atoms with Gasteiger partial charge < -0.3 is 15.7 Å². The number of carboxylic acid groups (broad SMARTS) is 1. The van der Waals surface area contributed by atoms with Crippen molar-refractivity contribution in [3.8, 4) is 0 Å². The second kappa shape index (κ2) is 6.88. The molecule has 0 aromatic heterocycles. The number of nitrogens with one attached hydrogen (secondary N) is 2. The first-order valence-electron chi connectivity index (χ1n) is 6.61. The molecule has 0 bridgehead atoms. The quantitative estimate of drug-likeness (QED) is 0.720. The van der Waals surface area contributed by atoms with Crippen LogP contribution in [-0.2, 0) is 14.4 Å². The molecular formula is C15H20N2O4. The van der Waals surface area contributed by atoms with Crippen molar-refractivity contribution in [3.63, 3.8) is 0 Å². The van der Waals surface area contributed by atoms with E-state index in [1.807, 2.05) is 19.1 Å². The van der Waals surface area contributed by atoms with Crippen LogP contribution in [0.15, 0.2) is 24.3 Å². The van der Waals surface area contributed by atoms with Gasteiger partial charge in [0.1, 0.15) is 0 Å². The monoisotopic (exact) mass is 292 g/mol. The van der Waals surface area contributed by atoms with Crippen LogP contribution in [0.25, 0.3) is 0 Å². The Morgan fingerprint density at radius 3 is 2.19 bits per heavy atom. The van der Waals surface area contributed by atoms with Crippen molar-refractivity contribution in [1.29, 1.82) is 0 Å². The summed E-state index contributed by atoms with van der Waals surface area (Å²) in [5, 5.41) is 13.7. The van der Waals surface area contributed by atoms with Crippen LogP contribution < -0.4 is 10.6 Å². The number of amides is 2. The van der Waals surface area contributed by atoms with E-state index in [1.54, 1.807) is 26.0 Å². The fraction of sp³-hybridized carbons (Fsp3) is 0.400. The first kappa shape index (κ1) is 16.7. The summed E-state index contributed by atoms with van der Waals surface area (Å²) in [5.41, 5.74) is 0.816. The lowest BCUT2D eigenvalue weighted by molar-refractivity contribution is -0.139. The molecule has 0 saturated carbocycles. The van der Waals surface area contributed by atoms with E-state index in [0.717, 1.165) is 5.56 Å². The Morgan fingerprint density at radius 1 is 1.10 bits per heavy atom. The van der Waals surface area contributed by atoms with Gasteiger partial charge >= 0.3 is 17.8 Å². The number of hydrogen-bond donors (Lipinski definition) is 3. The molecule has 2 amide bonds. The average molecular weight is 292 g/mol. The lowest BCUT2D eigenvalue weighted by Gasteiger charge is -2.25. The van der Waals surface area contributed by atoms with E-state index in [2.05, 4.69) is 10.6 Å². The molecule has 0 radical (unpaired) electrons. The second-order valence-electron chi connectivity index (χ2n) is 5.55. The summed E-state index contributed by atoms with van der Waals surface area (Å²) in [7, 11) is 0. The van der Waals surface area contributed by atoms with Crippen LogP contribution in [0.1, 0.15) is 32.3 Å². The molecule has 21 heavy (non-hydrogen) atoms. The number of aliphatic carboxylic acids is 1. The molecule has 0 unspecified atom stereocenters. The SMILES string of the molecule is Cc1ccc(NC(=O)C(=O)NC(C)(C)CCC(=O)O)cc1. The minimum atomic E-state index is -0.943. The standard InChI is InChI=1S/C15H20N2O4/c1-10-4-6-11(7-5-10)16-13(20)14(21)17-15(2,3)9-8-12(18)19/h4-7H,8-9H2,1-3H3,(H,16,20)(H,17,21)(H,18,19). The molecule has 114 valence electrons. The summed E-state index contributed by atoms with van der Waals surface area (Å²) < 4.78 is 0. The smallest absolute Gasteiger partial charge is 0.313 e. The predicted molar refractivity (Wildman–Crippen MR) is 78.9 cm³/mol. The third-order valence-electron chi connectivity index (χ3n) is 2.93. The summed E-state index contributed by atoms with van der Waals surface area (Å²) in [5.74, 6) is -2.50. The van der Waals surface area contributed by atoms with Gasteiger partial charge in [-0.2, -0.15) is 0 Å². The van der Waals surface area contributed by atoms with Crippen molar-refractivity contribution >= 4 is 23.5 Å². The molecule has 0 aliphatic carbocycles. The van der Waals surface area contributed by atoms with Crippen molar-refractivity contribution in [2.75, 3.05) is 5.32 Å². The molecule has 0 aliphatic heterocycles. The Labute approximate surface area is 123 Å². The van der Waals surface area contributed by atoms with E-state index >= 15 is 0 Å². The van der Waals surface area contributed by atoms with Gasteiger partial charge in [0, 0.05) is 17.6 Å². The minimum absolute atomic E-state index is 0.0765. The number of anilines is 1. The molecule has 0 aliphatic rings. The van der Waals surface area contributed by atoms with Gasteiger partial charge in [-0.1, -0.05) is 17.7 Å². The van der Waals surface area contributed by atoms with Crippen LogP contribution in [0.3, 0.4) is 0 Å². The number of benzene rings is 1. The van der Waals surface area contributed by atoms with E-state index in [1.165, 1.54) is 0 Å². The number of carbonyl (C=O) groups excluding carboxylic acids is 2. The van der Waals surface area contributed by atoms with Gasteiger partial charge in [-0.3, -0.25) is 14.4 Å². The number of hydrogen-bond acceptors (Lipinski definition) is 3. The third-order valence-corrected chi connectivity index (χ3v) is 2.93. The fourth-order valence-corrected chi connectivity index (χ4v) is 1.67. The molecule has 6 heteroatoms. The highest BCUT2D eigenvalue weighted by Crippen LogP contribution is 2.12. The molecule has 1 rings (SSSR count). The van der Waals surface area contributed by atoms with Gasteiger partial charge in [0.15, 0.2) is 0 Å². The molecule has 0 saturated heterocycles. The molecule has 0 heterocycles. The van der Waals surface area contributed by atoms with Crippen LogP contribution in [0, 0.1) is 6.92 Å². The summed E-state index contributed by atoms with van der Waals surface area (Å²) in [4.78, 5) is 34.1. The summed E-state index contributed by atoms with van der Waals surface area (Å²) in [6.45, 7) is 5.27. The molecule has 1 aromatic rings. The van der Waals surface area contributed by atoms with E-state index in [9.17, 15) is 14.4 Å². The Bertz CT molecular complexity index is 535.